The lowest BCUT2D eigenvalue weighted by Crippen LogP contribution is -2.13. The van der Waals surface area contributed by atoms with Crippen LogP contribution in [0.4, 0.5) is 11.4 Å². The number of carbonyl (C=O) groups excluding carboxylic acids is 1. The number of carbonyl (C=O) groups is 1. The van der Waals surface area contributed by atoms with Gasteiger partial charge in [-0.25, -0.2) is 8.42 Å². The van der Waals surface area contributed by atoms with Gasteiger partial charge in [-0.2, -0.15) is 0 Å². The highest BCUT2D eigenvalue weighted by molar-refractivity contribution is 7.92. The van der Waals surface area contributed by atoms with E-state index < -0.39 is 20.7 Å². The molecule has 0 unspecified atom stereocenters. The van der Waals surface area contributed by atoms with Crippen molar-refractivity contribution in [2.24, 2.45) is 0 Å². The Balaban J connectivity index is 2.39. The largest absolute Gasteiger partial charge is 0.289 e. The zero-order chi connectivity index (χ0) is 16.3. The zero-order valence-electron chi connectivity index (χ0n) is 11.5. The van der Waals surface area contributed by atoms with Crippen molar-refractivity contribution >= 4 is 27.2 Å². The van der Waals surface area contributed by atoms with Crippen LogP contribution < -0.4 is 4.72 Å². The summed E-state index contributed by atoms with van der Waals surface area (Å²) in [7, 11) is -3.52. The van der Waals surface area contributed by atoms with Gasteiger partial charge in [-0.1, -0.05) is 12.1 Å². The molecule has 0 fully saturated rings. The van der Waals surface area contributed by atoms with E-state index in [1.165, 1.54) is 36.4 Å². The maximum Gasteiger partial charge on any atom is 0.269 e. The second-order valence-corrected chi connectivity index (χ2v) is 6.30. The van der Waals surface area contributed by atoms with Crippen molar-refractivity contribution in [1.29, 1.82) is 0 Å². The molecule has 7 nitrogen and oxygen atoms in total. The molecule has 2 rings (SSSR count). The maximum absolute atomic E-state index is 12.4. The fraction of sp³-hybridized carbons (Fsp3) is 0.0714. The van der Waals surface area contributed by atoms with E-state index in [4.69, 9.17) is 0 Å². The van der Waals surface area contributed by atoms with E-state index in [0.717, 1.165) is 6.26 Å². The van der Waals surface area contributed by atoms with Crippen molar-refractivity contribution in [3.63, 3.8) is 0 Å². The topological polar surface area (TPSA) is 106 Å². The summed E-state index contributed by atoms with van der Waals surface area (Å²) in [6.45, 7) is 0. The van der Waals surface area contributed by atoms with Gasteiger partial charge in [-0.05, 0) is 24.3 Å². The third-order valence-corrected chi connectivity index (χ3v) is 3.40. The van der Waals surface area contributed by atoms with E-state index in [1.807, 2.05) is 0 Å². The molecule has 114 valence electrons. The van der Waals surface area contributed by atoms with E-state index in [1.54, 1.807) is 12.1 Å². The molecule has 0 atom stereocenters. The fourth-order valence-electron chi connectivity index (χ4n) is 1.86. The summed E-state index contributed by atoms with van der Waals surface area (Å²) in [5, 5.41) is 10.6. The predicted octanol–water partition coefficient (Wildman–Crippen LogP) is 2.20. The number of nitrogens with zero attached hydrogens (tertiary/aromatic N) is 1. The van der Waals surface area contributed by atoms with Gasteiger partial charge in [0, 0.05) is 23.3 Å². The smallest absolute Gasteiger partial charge is 0.269 e. The van der Waals surface area contributed by atoms with Crippen LogP contribution in [0.5, 0.6) is 0 Å². The second kappa shape index (κ2) is 5.94. The molecule has 0 radical (unpaired) electrons. The molecule has 1 N–H and O–H groups in total. The molecule has 0 saturated heterocycles. The highest BCUT2D eigenvalue weighted by Gasteiger charge is 2.16. The average molecular weight is 320 g/mol. The number of nitro benzene ring substituents is 1. The van der Waals surface area contributed by atoms with Crippen molar-refractivity contribution in [2.75, 3.05) is 11.0 Å². The van der Waals surface area contributed by atoms with Gasteiger partial charge < -0.3 is 0 Å². The molecule has 8 heteroatoms. The van der Waals surface area contributed by atoms with Gasteiger partial charge in [0.05, 0.1) is 16.9 Å². The highest BCUT2D eigenvalue weighted by Crippen LogP contribution is 2.21. The minimum Gasteiger partial charge on any atom is -0.289 e. The molecule has 22 heavy (non-hydrogen) atoms. The number of para-hydroxylation sites is 1. The van der Waals surface area contributed by atoms with E-state index in [2.05, 4.69) is 4.72 Å². The number of hydrogen-bond acceptors (Lipinski definition) is 5. The van der Waals surface area contributed by atoms with Crippen LogP contribution in [-0.2, 0) is 10.0 Å². The number of nitro groups is 1. The zero-order valence-corrected chi connectivity index (χ0v) is 12.3. The molecule has 0 saturated carbocycles. The summed E-state index contributed by atoms with van der Waals surface area (Å²) >= 11 is 0. The first kappa shape index (κ1) is 15.6. The summed E-state index contributed by atoms with van der Waals surface area (Å²) in [6, 6.07) is 11.3. The van der Waals surface area contributed by atoms with E-state index in [0.29, 0.717) is 0 Å². The molecular formula is C14H12N2O5S. The Morgan fingerprint density at radius 2 is 1.68 bits per heavy atom. The van der Waals surface area contributed by atoms with Gasteiger partial charge in [0.2, 0.25) is 10.0 Å². The van der Waals surface area contributed by atoms with Crippen LogP contribution in [0.1, 0.15) is 15.9 Å². The van der Waals surface area contributed by atoms with Gasteiger partial charge in [-0.15, -0.1) is 0 Å². The predicted molar refractivity (Wildman–Crippen MR) is 81.4 cm³/mol. The molecule has 2 aromatic rings. The van der Waals surface area contributed by atoms with Crippen LogP contribution in [0, 0.1) is 10.1 Å². The van der Waals surface area contributed by atoms with Crippen molar-refractivity contribution in [3.05, 3.63) is 69.8 Å². The van der Waals surface area contributed by atoms with Gasteiger partial charge >= 0.3 is 0 Å². The van der Waals surface area contributed by atoms with Crippen LogP contribution in [0.2, 0.25) is 0 Å². The molecule has 0 spiro atoms. The molecular weight excluding hydrogens is 308 g/mol. The van der Waals surface area contributed by atoms with Crippen molar-refractivity contribution in [3.8, 4) is 0 Å². The quantitative estimate of drug-likeness (QED) is 0.516. The minimum atomic E-state index is -3.52. The highest BCUT2D eigenvalue weighted by atomic mass is 32.2. The Kier molecular flexibility index (Phi) is 4.22. The number of ketones is 1. The monoisotopic (exact) mass is 320 g/mol. The number of rotatable bonds is 5. The Bertz CT molecular complexity index is 829. The first-order chi connectivity index (χ1) is 10.3. The third kappa shape index (κ3) is 3.67. The Morgan fingerprint density at radius 1 is 1.09 bits per heavy atom. The van der Waals surface area contributed by atoms with Gasteiger partial charge in [0.1, 0.15) is 0 Å². The molecule has 0 aliphatic carbocycles. The maximum atomic E-state index is 12.4. The number of hydrogen-bond donors (Lipinski definition) is 1. The fourth-order valence-corrected chi connectivity index (χ4v) is 2.44. The summed E-state index contributed by atoms with van der Waals surface area (Å²) in [5.41, 5.74) is 0.433. The summed E-state index contributed by atoms with van der Waals surface area (Å²) in [5.74, 6) is -0.429. The Hall–Kier alpha value is -2.74. The van der Waals surface area contributed by atoms with Crippen molar-refractivity contribution in [2.45, 2.75) is 0 Å². The van der Waals surface area contributed by atoms with Crippen molar-refractivity contribution in [1.82, 2.24) is 0 Å². The normalized spacial score (nSPS) is 11.0. The van der Waals surface area contributed by atoms with Crippen LogP contribution in [0.15, 0.2) is 48.5 Å². The summed E-state index contributed by atoms with van der Waals surface area (Å²) < 4.78 is 24.9. The van der Waals surface area contributed by atoms with E-state index >= 15 is 0 Å². The third-order valence-electron chi connectivity index (χ3n) is 2.81. The standard InChI is InChI=1S/C14H12N2O5S/c1-22(20,21)15-13-5-3-2-4-12(13)14(17)10-6-8-11(9-7-10)16(18)19/h2-9,15H,1H3. The van der Waals surface area contributed by atoms with Crippen LogP contribution in [0.25, 0.3) is 0 Å². The van der Waals surface area contributed by atoms with Crippen molar-refractivity contribution < 1.29 is 18.1 Å². The van der Waals surface area contributed by atoms with Crippen LogP contribution in [0.3, 0.4) is 0 Å². The summed E-state index contributed by atoms with van der Waals surface area (Å²) in [4.78, 5) is 22.5. The van der Waals surface area contributed by atoms with E-state index in [9.17, 15) is 23.3 Å². The SMILES string of the molecule is CS(=O)(=O)Nc1ccccc1C(=O)c1ccc([N+](=O)[O-])cc1. The van der Waals surface area contributed by atoms with Crippen LogP contribution >= 0.6 is 0 Å². The van der Waals surface area contributed by atoms with E-state index in [-0.39, 0.29) is 22.5 Å². The number of sulfonamides is 1. The lowest BCUT2D eigenvalue weighted by Gasteiger charge is -2.09. The number of anilines is 1. The number of non-ortho nitro benzene ring substituents is 1. The average Bonchev–Trinajstić information content (AvgIpc) is 2.45. The molecule has 0 aromatic heterocycles. The first-order valence-electron chi connectivity index (χ1n) is 6.14. The molecule has 2 aromatic carbocycles. The lowest BCUT2D eigenvalue weighted by atomic mass is 10.0. The molecule has 0 aliphatic rings. The summed E-state index contributed by atoms with van der Waals surface area (Å²) in [6.07, 6.45) is 0.986. The second-order valence-electron chi connectivity index (χ2n) is 4.55. The Morgan fingerprint density at radius 3 is 2.23 bits per heavy atom. The molecule has 0 amide bonds. The number of nitrogens with one attached hydrogen (secondary N) is 1. The molecule has 0 bridgehead atoms. The lowest BCUT2D eigenvalue weighted by molar-refractivity contribution is -0.384. The van der Waals surface area contributed by atoms with Gasteiger partial charge in [0.25, 0.3) is 5.69 Å². The van der Waals surface area contributed by atoms with Gasteiger partial charge in [-0.3, -0.25) is 19.6 Å². The van der Waals surface area contributed by atoms with Crippen LogP contribution in [-0.4, -0.2) is 25.4 Å². The molecule has 0 aliphatic heterocycles. The van der Waals surface area contributed by atoms with Gasteiger partial charge in [0.15, 0.2) is 5.78 Å². The Labute approximate surface area is 126 Å². The minimum absolute atomic E-state index is 0.126. The number of benzene rings is 2. The first-order valence-corrected chi connectivity index (χ1v) is 8.03. The molecule has 0 heterocycles.